The zero-order valence-electron chi connectivity index (χ0n) is 18.8. The van der Waals surface area contributed by atoms with Gasteiger partial charge in [-0.25, -0.2) is 8.42 Å². The lowest BCUT2D eigenvalue weighted by atomic mass is 9.75. The van der Waals surface area contributed by atoms with Crippen LogP contribution in [0.4, 0.5) is 0 Å². The van der Waals surface area contributed by atoms with E-state index in [0.29, 0.717) is 36.1 Å². The fourth-order valence-corrected chi connectivity index (χ4v) is 8.06. The summed E-state index contributed by atoms with van der Waals surface area (Å²) in [6, 6.07) is 11.9. The first-order valence-electron chi connectivity index (χ1n) is 11.5. The second kappa shape index (κ2) is 8.95. The number of carbonyl (C=O) groups is 3. The Morgan fingerprint density at radius 2 is 1.80 bits per heavy atom. The molecule has 0 saturated carbocycles. The summed E-state index contributed by atoms with van der Waals surface area (Å²) in [5.41, 5.74) is 1.73. The van der Waals surface area contributed by atoms with Crippen molar-refractivity contribution < 1.29 is 27.9 Å². The highest BCUT2D eigenvalue weighted by atomic mass is 35.5. The summed E-state index contributed by atoms with van der Waals surface area (Å²) in [5.74, 6) is -3.83. The van der Waals surface area contributed by atoms with E-state index in [9.17, 15) is 27.9 Å². The molecule has 0 spiro atoms. The Morgan fingerprint density at radius 3 is 2.46 bits per heavy atom. The second-order valence-corrected chi connectivity index (χ2v) is 11.8. The van der Waals surface area contributed by atoms with Gasteiger partial charge in [0, 0.05) is 18.9 Å². The molecule has 2 fully saturated rings. The van der Waals surface area contributed by atoms with Gasteiger partial charge in [-0.15, -0.1) is 11.6 Å². The van der Waals surface area contributed by atoms with Crippen molar-refractivity contribution in [3.05, 3.63) is 65.2 Å². The van der Waals surface area contributed by atoms with E-state index in [-0.39, 0.29) is 23.2 Å². The molecule has 8 nitrogen and oxygen atoms in total. The van der Waals surface area contributed by atoms with Crippen LogP contribution in [0.1, 0.15) is 41.5 Å². The number of alkyl halides is 1. The van der Waals surface area contributed by atoms with Crippen molar-refractivity contribution in [3.63, 3.8) is 0 Å². The predicted octanol–water partition coefficient (Wildman–Crippen LogP) is 2.21. The first kappa shape index (κ1) is 23.8. The first-order chi connectivity index (χ1) is 16.7. The summed E-state index contributed by atoms with van der Waals surface area (Å²) >= 11 is 5.95. The number of aromatic hydroxyl groups is 1. The molecule has 2 aromatic carbocycles. The molecular weight excluding hydrogens is 492 g/mol. The molecule has 0 radical (unpaired) electrons. The van der Waals surface area contributed by atoms with Crippen molar-refractivity contribution in [2.75, 3.05) is 23.9 Å². The normalized spacial score (nSPS) is 27.8. The summed E-state index contributed by atoms with van der Waals surface area (Å²) in [6.45, 7) is 0.439. The average molecular weight is 517 g/mol. The molecule has 4 unspecified atom stereocenters. The lowest BCUT2D eigenvalue weighted by Crippen LogP contribution is -2.53. The van der Waals surface area contributed by atoms with Gasteiger partial charge in [0.25, 0.3) is 0 Å². The number of hydrogen-bond acceptors (Lipinski definition) is 6. The van der Waals surface area contributed by atoms with Gasteiger partial charge in [-0.3, -0.25) is 19.3 Å². The van der Waals surface area contributed by atoms with Crippen LogP contribution in [0.5, 0.6) is 5.75 Å². The van der Waals surface area contributed by atoms with Crippen LogP contribution in [0.25, 0.3) is 0 Å². The van der Waals surface area contributed by atoms with Crippen molar-refractivity contribution in [1.82, 2.24) is 9.80 Å². The molecule has 0 bridgehead atoms. The van der Waals surface area contributed by atoms with Gasteiger partial charge in [0.2, 0.25) is 17.7 Å². The molecule has 35 heavy (non-hydrogen) atoms. The smallest absolute Gasteiger partial charge is 0.244 e. The number of likely N-dealkylation sites (tertiary alicyclic amines) is 1. The highest BCUT2D eigenvalue weighted by molar-refractivity contribution is 7.91. The van der Waals surface area contributed by atoms with Gasteiger partial charge in [-0.2, -0.15) is 0 Å². The summed E-state index contributed by atoms with van der Waals surface area (Å²) in [5, 5.41) is 10.3. The predicted molar refractivity (Wildman–Crippen MR) is 129 cm³/mol. The van der Waals surface area contributed by atoms with Crippen LogP contribution in [-0.4, -0.2) is 71.0 Å². The molecule has 2 saturated heterocycles. The third-order valence-corrected chi connectivity index (χ3v) is 9.23. The van der Waals surface area contributed by atoms with E-state index < -0.39 is 51.5 Å². The van der Waals surface area contributed by atoms with Crippen molar-refractivity contribution in [2.45, 2.75) is 30.8 Å². The Kier molecular flexibility index (Phi) is 6.09. The van der Waals surface area contributed by atoms with Gasteiger partial charge in [0.15, 0.2) is 9.84 Å². The highest BCUT2D eigenvalue weighted by Crippen LogP contribution is 2.48. The fraction of sp³-hybridized carbons (Fsp3) is 0.400. The standard InChI is InChI=1S/C25H25ClN2O6S/c26-12-22(31)28-24(19-13-35(33,34)14-20(19)27-10-4-7-21(27)30)17-9-8-16(29)11-18(17)23(25(28)32)15-5-2-1-3-6-15/h1-3,5-6,8-9,11,19-20,23-24,29H,4,7,10,12-14H2. The van der Waals surface area contributed by atoms with E-state index in [1.807, 2.05) is 6.07 Å². The van der Waals surface area contributed by atoms with Gasteiger partial charge >= 0.3 is 0 Å². The van der Waals surface area contributed by atoms with Crippen LogP contribution >= 0.6 is 11.6 Å². The summed E-state index contributed by atoms with van der Waals surface area (Å²) in [4.78, 5) is 42.4. The van der Waals surface area contributed by atoms with E-state index in [0.717, 1.165) is 4.90 Å². The van der Waals surface area contributed by atoms with Crippen molar-refractivity contribution in [1.29, 1.82) is 0 Å². The molecule has 0 aromatic heterocycles. The lowest BCUT2D eigenvalue weighted by Gasteiger charge is -2.44. The fourth-order valence-electron chi connectivity index (χ4n) is 5.86. The number of amides is 3. The Hall–Kier alpha value is -2.91. The molecule has 4 atom stereocenters. The quantitative estimate of drug-likeness (QED) is 0.623. The van der Waals surface area contributed by atoms with E-state index in [2.05, 4.69) is 0 Å². The molecule has 5 rings (SSSR count). The molecule has 1 N–H and O–H groups in total. The molecule has 184 valence electrons. The number of phenols is 1. The molecule has 3 heterocycles. The van der Waals surface area contributed by atoms with Crippen molar-refractivity contribution in [3.8, 4) is 5.75 Å². The summed E-state index contributed by atoms with van der Waals surface area (Å²) in [6.07, 6.45) is 0.980. The van der Waals surface area contributed by atoms with E-state index in [1.54, 1.807) is 35.2 Å². The Bertz CT molecular complexity index is 1300. The summed E-state index contributed by atoms with van der Waals surface area (Å²) < 4.78 is 25.7. The minimum atomic E-state index is -3.53. The molecule has 0 aliphatic carbocycles. The molecule has 10 heteroatoms. The minimum absolute atomic E-state index is 0.0429. The number of benzene rings is 2. The third-order valence-electron chi connectivity index (χ3n) is 7.26. The van der Waals surface area contributed by atoms with Crippen LogP contribution in [0.2, 0.25) is 0 Å². The maximum Gasteiger partial charge on any atom is 0.244 e. The van der Waals surface area contributed by atoms with Crippen LogP contribution in [0.15, 0.2) is 48.5 Å². The maximum atomic E-state index is 14.0. The second-order valence-electron chi connectivity index (χ2n) is 9.34. The van der Waals surface area contributed by atoms with Gasteiger partial charge in [-0.05, 0) is 35.2 Å². The highest BCUT2D eigenvalue weighted by Gasteiger charge is 2.54. The minimum Gasteiger partial charge on any atom is -0.508 e. The molecule has 2 aromatic rings. The van der Waals surface area contributed by atoms with Crippen LogP contribution in [0, 0.1) is 5.92 Å². The number of nitrogens with zero attached hydrogens (tertiary/aromatic N) is 2. The number of hydrogen-bond donors (Lipinski definition) is 1. The molecular formula is C25H25ClN2O6S. The zero-order chi connectivity index (χ0) is 24.9. The molecule has 3 aliphatic rings. The van der Waals surface area contributed by atoms with Gasteiger partial charge in [-0.1, -0.05) is 36.4 Å². The number of phenolic OH excluding ortho intramolecular Hbond substituents is 1. The summed E-state index contributed by atoms with van der Waals surface area (Å²) in [7, 11) is -3.53. The first-order valence-corrected chi connectivity index (χ1v) is 13.9. The van der Waals surface area contributed by atoms with Gasteiger partial charge < -0.3 is 10.0 Å². The SMILES string of the molecule is O=C1CCCN1C1CS(=O)(=O)CC1C1c2ccc(O)cc2C(c2ccccc2)C(=O)N1C(=O)CCl. The van der Waals surface area contributed by atoms with Crippen molar-refractivity contribution >= 4 is 39.2 Å². The number of fused-ring (bicyclic) bond motifs is 1. The van der Waals surface area contributed by atoms with E-state index in [4.69, 9.17) is 11.6 Å². The third kappa shape index (κ3) is 4.10. The number of imide groups is 1. The topological polar surface area (TPSA) is 112 Å². The number of sulfone groups is 1. The monoisotopic (exact) mass is 516 g/mol. The largest absolute Gasteiger partial charge is 0.508 e. The van der Waals surface area contributed by atoms with Crippen LogP contribution in [-0.2, 0) is 24.2 Å². The van der Waals surface area contributed by atoms with E-state index >= 15 is 0 Å². The molecule has 3 aliphatic heterocycles. The number of halogens is 1. The van der Waals surface area contributed by atoms with Gasteiger partial charge in [0.05, 0.1) is 29.5 Å². The Labute approximate surface area is 208 Å². The number of rotatable bonds is 4. The molecule has 3 amide bonds. The maximum absolute atomic E-state index is 14.0. The average Bonchev–Trinajstić information content (AvgIpc) is 3.39. The Morgan fingerprint density at radius 1 is 1.06 bits per heavy atom. The lowest BCUT2D eigenvalue weighted by molar-refractivity contribution is -0.149. The Balaban J connectivity index is 1.71. The van der Waals surface area contributed by atoms with E-state index in [1.165, 1.54) is 12.1 Å². The number of carbonyl (C=O) groups excluding carboxylic acids is 3. The van der Waals surface area contributed by atoms with Gasteiger partial charge in [0.1, 0.15) is 11.6 Å². The zero-order valence-corrected chi connectivity index (χ0v) is 20.4. The van der Waals surface area contributed by atoms with Crippen LogP contribution in [0.3, 0.4) is 0 Å². The van der Waals surface area contributed by atoms with Crippen molar-refractivity contribution in [2.24, 2.45) is 5.92 Å². The van der Waals surface area contributed by atoms with Crippen LogP contribution < -0.4 is 0 Å².